The van der Waals surface area contributed by atoms with Crippen LogP contribution in [0.25, 0.3) is 22.2 Å². The quantitative estimate of drug-likeness (QED) is 0.341. The van der Waals surface area contributed by atoms with Crippen LogP contribution in [0.4, 0.5) is 5.82 Å². The predicted molar refractivity (Wildman–Crippen MR) is 140 cm³/mol. The van der Waals surface area contributed by atoms with E-state index >= 15 is 0 Å². The molecular weight excluding hydrogens is 458 g/mol. The molecule has 0 spiro atoms. The van der Waals surface area contributed by atoms with Gasteiger partial charge >= 0.3 is 0 Å². The Bertz CT molecular complexity index is 1680. The number of anilines is 1. The topological polar surface area (TPSA) is 103 Å². The van der Waals surface area contributed by atoms with E-state index in [1.54, 1.807) is 36.5 Å². The van der Waals surface area contributed by atoms with Gasteiger partial charge in [-0.1, -0.05) is 67.9 Å². The second-order valence-electron chi connectivity index (χ2n) is 8.79. The van der Waals surface area contributed by atoms with E-state index in [1.807, 2.05) is 49.4 Å². The monoisotopic (exact) mass is 483 g/mol. The molecule has 0 amide bonds. The van der Waals surface area contributed by atoms with Gasteiger partial charge < -0.3 is 5.73 Å². The Morgan fingerprint density at radius 2 is 1.54 bits per heavy atom. The highest BCUT2D eigenvalue weighted by Gasteiger charge is 2.30. The van der Waals surface area contributed by atoms with Gasteiger partial charge in [-0.15, -0.1) is 0 Å². The van der Waals surface area contributed by atoms with E-state index in [9.17, 15) is 8.42 Å². The van der Waals surface area contributed by atoms with Gasteiger partial charge in [0.15, 0.2) is 5.65 Å². The van der Waals surface area contributed by atoms with Crippen molar-refractivity contribution in [3.8, 4) is 0 Å². The number of nitrogens with zero attached hydrogens (tertiary/aromatic N) is 4. The molecule has 0 unspecified atom stereocenters. The summed E-state index contributed by atoms with van der Waals surface area (Å²) in [6, 6.07) is 22.0. The fourth-order valence-corrected chi connectivity index (χ4v) is 5.41. The number of hydrogen-bond acceptors (Lipinski definition) is 6. The molecule has 2 heterocycles. The van der Waals surface area contributed by atoms with Gasteiger partial charge in [-0.3, -0.25) is 0 Å². The maximum absolute atomic E-state index is 13.7. The van der Waals surface area contributed by atoms with Gasteiger partial charge in [0.1, 0.15) is 16.2 Å². The molecule has 5 aromatic rings. The lowest BCUT2D eigenvalue weighted by molar-refractivity contribution is 0.597. The van der Waals surface area contributed by atoms with E-state index in [4.69, 9.17) is 5.73 Å². The smallest absolute Gasteiger partial charge is 0.212 e. The number of para-hydroxylation sites is 2. The van der Waals surface area contributed by atoms with Gasteiger partial charge in [0.25, 0.3) is 0 Å². The molecule has 0 bridgehead atoms. The predicted octanol–water partition coefficient (Wildman–Crippen LogP) is 5.31. The number of aryl methyl sites for hydroxylation is 1. The molecule has 2 aromatic heterocycles. The number of hydrogen-bond donors (Lipinski definition) is 1. The fraction of sp³-hybridized carbons (Fsp3) is 0.148. The highest BCUT2D eigenvalue weighted by atomic mass is 32.2. The third kappa shape index (κ3) is 4.06. The summed E-state index contributed by atoms with van der Waals surface area (Å²) >= 11 is 0. The summed E-state index contributed by atoms with van der Waals surface area (Å²) in [6.07, 6.45) is 1.64. The van der Waals surface area contributed by atoms with Gasteiger partial charge in [0.2, 0.25) is 9.84 Å². The van der Waals surface area contributed by atoms with Crippen molar-refractivity contribution in [2.24, 2.45) is 5.10 Å². The summed E-state index contributed by atoms with van der Waals surface area (Å²) in [6.45, 7) is 6.17. The zero-order valence-electron chi connectivity index (χ0n) is 19.7. The maximum Gasteiger partial charge on any atom is 0.212 e. The van der Waals surface area contributed by atoms with E-state index in [2.05, 4.69) is 28.9 Å². The van der Waals surface area contributed by atoms with Gasteiger partial charge in [-0.2, -0.15) is 9.78 Å². The Morgan fingerprint density at radius 1 is 0.914 bits per heavy atom. The minimum absolute atomic E-state index is 0.0362. The van der Waals surface area contributed by atoms with Crippen molar-refractivity contribution in [2.75, 3.05) is 5.73 Å². The lowest BCUT2D eigenvalue weighted by Gasteiger charge is -2.06. The highest BCUT2D eigenvalue weighted by molar-refractivity contribution is 7.92. The van der Waals surface area contributed by atoms with Crippen LogP contribution in [0.15, 0.2) is 87.7 Å². The van der Waals surface area contributed by atoms with Crippen LogP contribution in [0.3, 0.4) is 0 Å². The molecule has 2 N–H and O–H groups in total. The van der Waals surface area contributed by atoms with Crippen molar-refractivity contribution in [3.05, 3.63) is 89.5 Å². The van der Waals surface area contributed by atoms with Crippen LogP contribution in [0.1, 0.15) is 36.5 Å². The molecule has 7 nitrogen and oxygen atoms in total. The summed E-state index contributed by atoms with van der Waals surface area (Å²) in [5.74, 6) is 0.383. The third-order valence-corrected chi connectivity index (χ3v) is 7.79. The van der Waals surface area contributed by atoms with Crippen LogP contribution in [0.2, 0.25) is 0 Å². The van der Waals surface area contributed by atoms with E-state index in [-0.39, 0.29) is 26.8 Å². The lowest BCUT2D eigenvalue weighted by Crippen LogP contribution is -2.06. The molecule has 176 valence electrons. The lowest BCUT2D eigenvalue weighted by atomic mass is 10.0. The van der Waals surface area contributed by atoms with E-state index in [0.717, 1.165) is 11.1 Å². The number of fused-ring (bicyclic) bond motifs is 2. The molecular formula is C27H25N5O2S. The summed E-state index contributed by atoms with van der Waals surface area (Å²) in [5.41, 5.74) is 11.1. The number of sulfone groups is 1. The zero-order chi connectivity index (χ0) is 24.7. The zero-order valence-corrected chi connectivity index (χ0v) is 20.5. The van der Waals surface area contributed by atoms with Crippen LogP contribution in [-0.4, -0.2) is 29.3 Å². The summed E-state index contributed by atoms with van der Waals surface area (Å²) in [5, 5.41) is 4.53. The van der Waals surface area contributed by atoms with Crippen LogP contribution < -0.4 is 5.73 Å². The van der Waals surface area contributed by atoms with Gasteiger partial charge in [-0.05, 0) is 48.2 Å². The normalized spacial score (nSPS) is 12.3. The SMILES string of the molecule is Cc1ccc(S(=O)(=O)c2c(N)n(/N=C/c3ccc(C(C)C)cc3)c3nc4ccccc4nc23)cc1. The largest absolute Gasteiger partial charge is 0.382 e. The van der Waals surface area contributed by atoms with E-state index in [1.165, 1.54) is 10.2 Å². The molecule has 0 saturated heterocycles. The highest BCUT2D eigenvalue weighted by Crippen LogP contribution is 2.35. The van der Waals surface area contributed by atoms with Crippen LogP contribution in [-0.2, 0) is 9.84 Å². The Kier molecular flexibility index (Phi) is 5.61. The Morgan fingerprint density at radius 3 is 2.17 bits per heavy atom. The maximum atomic E-state index is 13.7. The number of benzene rings is 3. The number of nitrogens with two attached hydrogens (primary N) is 1. The first-order valence-corrected chi connectivity index (χ1v) is 12.8. The number of nitrogen functional groups attached to an aromatic ring is 1. The molecule has 5 rings (SSSR count). The first-order valence-electron chi connectivity index (χ1n) is 11.3. The van der Waals surface area contributed by atoms with Crippen molar-refractivity contribution >= 4 is 44.1 Å². The average Bonchev–Trinajstić information content (AvgIpc) is 3.12. The molecule has 0 aliphatic carbocycles. The molecule has 8 heteroatoms. The summed E-state index contributed by atoms with van der Waals surface area (Å²) in [7, 11) is -3.98. The fourth-order valence-electron chi connectivity index (χ4n) is 3.93. The Labute approximate surface area is 203 Å². The van der Waals surface area contributed by atoms with Crippen LogP contribution in [0, 0.1) is 6.92 Å². The van der Waals surface area contributed by atoms with E-state index in [0.29, 0.717) is 17.0 Å². The minimum Gasteiger partial charge on any atom is -0.382 e. The molecule has 3 aromatic carbocycles. The van der Waals surface area contributed by atoms with Gasteiger partial charge in [0.05, 0.1) is 22.1 Å². The third-order valence-electron chi connectivity index (χ3n) is 5.95. The van der Waals surface area contributed by atoms with Crippen molar-refractivity contribution in [1.29, 1.82) is 0 Å². The average molecular weight is 484 g/mol. The number of rotatable bonds is 5. The molecule has 35 heavy (non-hydrogen) atoms. The van der Waals surface area contributed by atoms with Crippen molar-refractivity contribution in [3.63, 3.8) is 0 Å². The summed E-state index contributed by atoms with van der Waals surface area (Å²) < 4.78 is 28.7. The molecule has 0 fully saturated rings. The van der Waals surface area contributed by atoms with Crippen molar-refractivity contribution in [1.82, 2.24) is 14.6 Å². The van der Waals surface area contributed by atoms with Crippen molar-refractivity contribution in [2.45, 2.75) is 36.5 Å². The molecule has 0 aliphatic heterocycles. The van der Waals surface area contributed by atoms with Gasteiger partial charge in [-0.25, -0.2) is 18.4 Å². The second-order valence-corrected chi connectivity index (χ2v) is 10.7. The standard InChI is InChI=1S/C27H25N5O2S/c1-17(2)20-12-10-19(11-13-20)16-29-32-26(28)25(35(33,34)21-14-8-18(3)9-15-21)24-27(32)31-23-7-5-4-6-22(23)30-24/h4-17H,28H2,1-3H3/b29-16+. The molecule has 0 aliphatic rings. The molecule has 0 atom stereocenters. The number of aromatic nitrogens is 3. The van der Waals surface area contributed by atoms with Crippen molar-refractivity contribution < 1.29 is 8.42 Å². The minimum atomic E-state index is -3.98. The second kappa shape index (κ2) is 8.63. The Hall–Kier alpha value is -4.04. The van der Waals surface area contributed by atoms with Gasteiger partial charge in [0, 0.05) is 0 Å². The van der Waals surface area contributed by atoms with Crippen LogP contribution in [0.5, 0.6) is 0 Å². The molecule has 0 saturated carbocycles. The molecule has 0 radical (unpaired) electrons. The first-order chi connectivity index (χ1) is 16.8. The van der Waals surface area contributed by atoms with Crippen LogP contribution >= 0.6 is 0 Å². The van der Waals surface area contributed by atoms with E-state index < -0.39 is 9.84 Å². The first kappa shape index (κ1) is 22.7. The Balaban J connectivity index is 1.72. The summed E-state index contributed by atoms with van der Waals surface area (Å²) in [4.78, 5) is 9.35.